The van der Waals surface area contributed by atoms with Gasteiger partial charge < -0.3 is 5.32 Å². The number of pyridine rings is 1. The van der Waals surface area contributed by atoms with Crippen molar-refractivity contribution in [1.29, 1.82) is 0 Å². The number of anilines is 2. The summed E-state index contributed by atoms with van der Waals surface area (Å²) in [6.07, 6.45) is 1.76. The number of rotatable bonds is 3. The Hall–Kier alpha value is -2.71. The third kappa shape index (κ3) is 3.22. The monoisotopic (exact) mass is 399 g/mol. The SMILES string of the molecule is C[C@@H]1CC(=O)Nc2ccccc2N1S(=O)(=O)c1ccc(-c2ccccn2)s1. The van der Waals surface area contributed by atoms with E-state index < -0.39 is 16.1 Å². The summed E-state index contributed by atoms with van der Waals surface area (Å²) in [5, 5.41) is 2.79. The molecule has 1 atom stereocenters. The molecule has 1 N–H and O–H groups in total. The molecule has 0 spiro atoms. The standard InChI is InChI=1S/C19H17N3O3S2/c1-13-12-18(23)21-14-6-2-3-8-16(14)22(13)27(24,25)19-10-9-17(26-19)15-7-4-5-11-20-15/h2-11,13H,12H2,1H3,(H,21,23)/t13-/m1/s1. The van der Waals surface area contributed by atoms with Gasteiger partial charge in [0, 0.05) is 12.6 Å². The summed E-state index contributed by atoms with van der Waals surface area (Å²) >= 11 is 1.17. The zero-order valence-corrected chi connectivity index (χ0v) is 16.1. The number of para-hydroxylation sites is 2. The van der Waals surface area contributed by atoms with Crippen molar-refractivity contribution in [1.82, 2.24) is 4.98 Å². The first-order valence-electron chi connectivity index (χ1n) is 8.41. The van der Waals surface area contributed by atoms with Crippen molar-refractivity contribution >= 4 is 38.6 Å². The molecule has 0 saturated heterocycles. The maximum Gasteiger partial charge on any atom is 0.274 e. The first kappa shape index (κ1) is 17.7. The highest BCUT2D eigenvalue weighted by Crippen LogP contribution is 2.38. The quantitative estimate of drug-likeness (QED) is 0.728. The lowest BCUT2D eigenvalue weighted by Gasteiger charge is -2.28. The molecule has 1 amide bonds. The fourth-order valence-corrected chi connectivity index (χ4v) is 6.18. The molecule has 1 aromatic carbocycles. The highest BCUT2D eigenvalue weighted by Gasteiger charge is 2.35. The van der Waals surface area contributed by atoms with Crippen molar-refractivity contribution in [2.24, 2.45) is 0 Å². The summed E-state index contributed by atoms with van der Waals surface area (Å²) in [5.41, 5.74) is 1.70. The molecule has 8 heteroatoms. The number of benzene rings is 1. The van der Waals surface area contributed by atoms with Crippen molar-refractivity contribution < 1.29 is 13.2 Å². The summed E-state index contributed by atoms with van der Waals surface area (Å²) in [5.74, 6) is -0.201. The van der Waals surface area contributed by atoms with Gasteiger partial charge in [-0.3, -0.25) is 14.1 Å². The molecule has 0 saturated carbocycles. The van der Waals surface area contributed by atoms with Crippen LogP contribution in [0.25, 0.3) is 10.6 Å². The molecule has 0 unspecified atom stereocenters. The number of thiophene rings is 1. The fourth-order valence-electron chi connectivity index (χ4n) is 3.13. The molecule has 3 heterocycles. The molecular formula is C19H17N3O3S2. The van der Waals surface area contributed by atoms with Gasteiger partial charge in [-0.2, -0.15) is 0 Å². The molecule has 0 fully saturated rings. The number of hydrogen-bond acceptors (Lipinski definition) is 5. The van der Waals surface area contributed by atoms with Crippen LogP contribution in [0.1, 0.15) is 13.3 Å². The highest BCUT2D eigenvalue weighted by atomic mass is 32.2. The molecule has 6 nitrogen and oxygen atoms in total. The molecule has 138 valence electrons. The second-order valence-electron chi connectivity index (χ2n) is 6.25. The minimum absolute atomic E-state index is 0.0897. The number of amides is 1. The minimum Gasteiger partial charge on any atom is -0.324 e. The van der Waals surface area contributed by atoms with Crippen LogP contribution in [-0.2, 0) is 14.8 Å². The Labute approximate surface area is 161 Å². The van der Waals surface area contributed by atoms with E-state index in [0.717, 1.165) is 10.6 Å². The lowest BCUT2D eigenvalue weighted by molar-refractivity contribution is -0.116. The molecule has 3 aromatic rings. The average Bonchev–Trinajstić information content (AvgIpc) is 3.10. The van der Waals surface area contributed by atoms with Crippen LogP contribution in [0, 0.1) is 0 Å². The van der Waals surface area contributed by atoms with Crippen molar-refractivity contribution in [3.8, 4) is 10.6 Å². The van der Waals surface area contributed by atoms with Crippen molar-refractivity contribution in [2.45, 2.75) is 23.6 Å². The summed E-state index contributed by atoms with van der Waals surface area (Å²) < 4.78 is 28.4. The van der Waals surface area contributed by atoms with E-state index in [1.807, 2.05) is 18.2 Å². The van der Waals surface area contributed by atoms with Crippen LogP contribution in [0.5, 0.6) is 0 Å². The van der Waals surface area contributed by atoms with E-state index in [4.69, 9.17) is 0 Å². The van der Waals surface area contributed by atoms with Crippen LogP contribution in [0.4, 0.5) is 11.4 Å². The van der Waals surface area contributed by atoms with E-state index in [1.54, 1.807) is 49.5 Å². The number of nitrogens with one attached hydrogen (secondary N) is 1. The Balaban J connectivity index is 1.80. The number of fused-ring (bicyclic) bond motifs is 1. The lowest BCUT2D eigenvalue weighted by atomic mass is 10.2. The number of aromatic nitrogens is 1. The zero-order chi connectivity index (χ0) is 19.0. The van der Waals surface area contributed by atoms with E-state index in [9.17, 15) is 13.2 Å². The van der Waals surface area contributed by atoms with Gasteiger partial charge in [-0.15, -0.1) is 11.3 Å². The van der Waals surface area contributed by atoms with Gasteiger partial charge in [0.15, 0.2) is 0 Å². The van der Waals surface area contributed by atoms with Crippen molar-refractivity contribution in [3.63, 3.8) is 0 Å². The van der Waals surface area contributed by atoms with Crippen LogP contribution in [0.15, 0.2) is 65.0 Å². The van der Waals surface area contributed by atoms with Gasteiger partial charge in [0.2, 0.25) is 5.91 Å². The van der Waals surface area contributed by atoms with Gasteiger partial charge >= 0.3 is 0 Å². The first-order chi connectivity index (χ1) is 13.0. The Kier molecular flexibility index (Phi) is 4.45. The maximum absolute atomic E-state index is 13.4. The second-order valence-corrected chi connectivity index (χ2v) is 9.38. The molecular weight excluding hydrogens is 382 g/mol. The molecule has 1 aliphatic heterocycles. The molecule has 0 aliphatic carbocycles. The van der Waals surface area contributed by atoms with Gasteiger partial charge in [0.1, 0.15) is 4.21 Å². The summed E-state index contributed by atoms with van der Waals surface area (Å²) in [6.45, 7) is 1.74. The van der Waals surface area contributed by atoms with Crippen LogP contribution in [-0.4, -0.2) is 25.4 Å². The topological polar surface area (TPSA) is 79.4 Å². The largest absolute Gasteiger partial charge is 0.324 e. The van der Waals surface area contributed by atoms with Crippen LogP contribution in [0.2, 0.25) is 0 Å². The average molecular weight is 399 g/mol. The summed E-state index contributed by atoms with van der Waals surface area (Å²) in [4.78, 5) is 17.2. The normalized spacial score (nSPS) is 17.1. The Morgan fingerprint density at radius 3 is 2.67 bits per heavy atom. The molecule has 0 bridgehead atoms. The minimum atomic E-state index is -3.83. The van der Waals surface area contributed by atoms with Gasteiger partial charge in [0.05, 0.1) is 28.0 Å². The molecule has 27 heavy (non-hydrogen) atoms. The Morgan fingerprint density at radius 1 is 1.11 bits per heavy atom. The number of carbonyl (C=O) groups is 1. The number of hydrogen-bond donors (Lipinski definition) is 1. The molecule has 0 radical (unpaired) electrons. The van der Waals surface area contributed by atoms with E-state index in [0.29, 0.717) is 11.4 Å². The summed E-state index contributed by atoms with van der Waals surface area (Å²) in [6, 6.07) is 15.3. The van der Waals surface area contributed by atoms with Crippen molar-refractivity contribution in [2.75, 3.05) is 9.62 Å². The number of nitrogens with zero attached hydrogens (tertiary/aromatic N) is 2. The second kappa shape index (κ2) is 6.79. The van der Waals surface area contributed by atoms with E-state index >= 15 is 0 Å². The first-order valence-corrected chi connectivity index (χ1v) is 10.7. The van der Waals surface area contributed by atoms with Gasteiger partial charge in [-0.25, -0.2) is 8.42 Å². The number of sulfonamides is 1. The smallest absolute Gasteiger partial charge is 0.274 e. The molecule has 1 aliphatic rings. The van der Waals surface area contributed by atoms with Crippen LogP contribution >= 0.6 is 11.3 Å². The maximum atomic E-state index is 13.4. The predicted octanol–water partition coefficient (Wildman–Crippen LogP) is 3.74. The van der Waals surface area contributed by atoms with E-state index in [-0.39, 0.29) is 16.5 Å². The van der Waals surface area contributed by atoms with Gasteiger partial charge in [-0.05, 0) is 43.3 Å². The fraction of sp³-hybridized carbons (Fsp3) is 0.158. The van der Waals surface area contributed by atoms with E-state index in [1.165, 1.54) is 15.6 Å². The predicted molar refractivity (Wildman–Crippen MR) is 106 cm³/mol. The third-order valence-electron chi connectivity index (χ3n) is 4.31. The highest BCUT2D eigenvalue weighted by molar-refractivity contribution is 7.94. The Morgan fingerprint density at radius 2 is 1.89 bits per heavy atom. The van der Waals surface area contributed by atoms with Crippen LogP contribution < -0.4 is 9.62 Å². The third-order valence-corrected chi connectivity index (χ3v) is 7.81. The zero-order valence-electron chi connectivity index (χ0n) is 14.5. The number of carbonyl (C=O) groups excluding carboxylic acids is 1. The Bertz CT molecular complexity index is 1090. The summed E-state index contributed by atoms with van der Waals surface area (Å²) in [7, 11) is -3.83. The molecule has 2 aromatic heterocycles. The van der Waals surface area contributed by atoms with Gasteiger partial charge in [-0.1, -0.05) is 18.2 Å². The van der Waals surface area contributed by atoms with Crippen LogP contribution in [0.3, 0.4) is 0 Å². The molecule has 4 rings (SSSR count). The lowest BCUT2D eigenvalue weighted by Crippen LogP contribution is -2.38. The van der Waals surface area contributed by atoms with E-state index in [2.05, 4.69) is 10.3 Å². The van der Waals surface area contributed by atoms with Gasteiger partial charge in [0.25, 0.3) is 10.0 Å². The van der Waals surface area contributed by atoms with Crippen molar-refractivity contribution in [3.05, 3.63) is 60.8 Å².